The number of hydrogen-bond donors (Lipinski definition) is 3. The van der Waals surface area contributed by atoms with Gasteiger partial charge in [-0.1, -0.05) is 54.6 Å². The van der Waals surface area contributed by atoms with Gasteiger partial charge in [-0.2, -0.15) is 0 Å². The van der Waals surface area contributed by atoms with Crippen molar-refractivity contribution in [3.8, 4) is 0 Å². The summed E-state index contributed by atoms with van der Waals surface area (Å²) in [5.74, 6) is -0.809. The molecule has 4 heteroatoms. The van der Waals surface area contributed by atoms with Crippen LogP contribution in [0.2, 0.25) is 0 Å². The number of carbonyl (C=O) groups excluding carboxylic acids is 1. The molecule has 4 N–H and O–H groups in total. The molecule has 0 aliphatic carbocycles. The summed E-state index contributed by atoms with van der Waals surface area (Å²) in [6, 6.07) is 15.7. The third kappa shape index (κ3) is 3.12. The van der Waals surface area contributed by atoms with Gasteiger partial charge in [-0.3, -0.25) is 4.79 Å². The predicted octanol–water partition coefficient (Wildman–Crippen LogP) is 1.33. The molecule has 1 amide bonds. The zero-order valence-corrected chi connectivity index (χ0v) is 11.7. The average molecular weight is 285 g/mol. The van der Waals surface area contributed by atoms with Crippen LogP contribution < -0.4 is 5.73 Å². The zero-order valence-electron chi connectivity index (χ0n) is 11.7. The lowest BCUT2D eigenvalue weighted by molar-refractivity contribution is -0.133. The van der Waals surface area contributed by atoms with Crippen molar-refractivity contribution >= 4 is 5.91 Å². The SMILES string of the molecule is NC(=O)C(O)(c1ccccc1)c1ccc(CCCO)cc1. The first-order valence-electron chi connectivity index (χ1n) is 6.87. The second kappa shape index (κ2) is 6.52. The predicted molar refractivity (Wildman–Crippen MR) is 80.5 cm³/mol. The summed E-state index contributed by atoms with van der Waals surface area (Å²) in [4.78, 5) is 11.8. The molecule has 2 aromatic rings. The smallest absolute Gasteiger partial charge is 0.258 e. The molecule has 2 aromatic carbocycles. The van der Waals surface area contributed by atoms with Crippen LogP contribution in [0.5, 0.6) is 0 Å². The molecule has 4 nitrogen and oxygen atoms in total. The first kappa shape index (κ1) is 15.2. The van der Waals surface area contributed by atoms with Crippen molar-refractivity contribution in [2.45, 2.75) is 18.4 Å². The lowest BCUT2D eigenvalue weighted by Gasteiger charge is -2.25. The molecular formula is C17H19NO3. The molecule has 110 valence electrons. The van der Waals surface area contributed by atoms with E-state index in [2.05, 4.69) is 0 Å². The summed E-state index contributed by atoms with van der Waals surface area (Å²) in [7, 11) is 0. The largest absolute Gasteiger partial charge is 0.396 e. The number of primary amides is 1. The van der Waals surface area contributed by atoms with Gasteiger partial charge in [0, 0.05) is 6.61 Å². The lowest BCUT2D eigenvalue weighted by Crippen LogP contribution is -2.42. The van der Waals surface area contributed by atoms with Crippen LogP contribution in [0.3, 0.4) is 0 Å². The van der Waals surface area contributed by atoms with Gasteiger partial charge < -0.3 is 15.9 Å². The molecule has 1 atom stereocenters. The Balaban J connectivity index is 2.37. The van der Waals surface area contributed by atoms with Crippen LogP contribution >= 0.6 is 0 Å². The van der Waals surface area contributed by atoms with E-state index in [1.54, 1.807) is 36.4 Å². The van der Waals surface area contributed by atoms with E-state index in [1.807, 2.05) is 18.2 Å². The lowest BCUT2D eigenvalue weighted by atomic mass is 9.85. The second-order valence-electron chi connectivity index (χ2n) is 4.96. The number of aliphatic hydroxyl groups excluding tert-OH is 1. The molecule has 0 aliphatic heterocycles. The molecule has 0 bridgehead atoms. The summed E-state index contributed by atoms with van der Waals surface area (Å²) >= 11 is 0. The highest BCUT2D eigenvalue weighted by Crippen LogP contribution is 2.29. The van der Waals surface area contributed by atoms with E-state index in [1.165, 1.54) is 0 Å². The summed E-state index contributed by atoms with van der Waals surface area (Å²) in [6.45, 7) is 0.136. The standard InChI is InChI=1S/C17H19NO3/c18-16(20)17(21,14-6-2-1-3-7-14)15-10-8-13(9-11-15)5-4-12-19/h1-3,6-11,19,21H,4-5,12H2,(H2,18,20). The fourth-order valence-corrected chi connectivity index (χ4v) is 2.33. The van der Waals surface area contributed by atoms with E-state index in [9.17, 15) is 9.90 Å². The number of aryl methyl sites for hydroxylation is 1. The van der Waals surface area contributed by atoms with Crippen LogP contribution in [0.4, 0.5) is 0 Å². The average Bonchev–Trinajstić information content (AvgIpc) is 2.53. The Bertz CT molecular complexity index is 595. The van der Waals surface area contributed by atoms with Gasteiger partial charge in [-0.15, -0.1) is 0 Å². The molecule has 0 radical (unpaired) electrons. The van der Waals surface area contributed by atoms with Crippen molar-refractivity contribution in [2.24, 2.45) is 5.73 Å². The highest BCUT2D eigenvalue weighted by atomic mass is 16.3. The molecule has 0 aliphatic rings. The molecule has 0 heterocycles. The van der Waals surface area contributed by atoms with Gasteiger partial charge in [0.2, 0.25) is 0 Å². The van der Waals surface area contributed by atoms with Crippen molar-refractivity contribution in [3.05, 3.63) is 71.3 Å². The van der Waals surface area contributed by atoms with Crippen LogP contribution in [-0.4, -0.2) is 22.7 Å². The fraction of sp³-hybridized carbons (Fsp3) is 0.235. The molecule has 0 saturated heterocycles. The molecule has 0 aromatic heterocycles. The second-order valence-corrected chi connectivity index (χ2v) is 4.96. The van der Waals surface area contributed by atoms with E-state index >= 15 is 0 Å². The van der Waals surface area contributed by atoms with Gasteiger partial charge in [-0.25, -0.2) is 0 Å². The monoisotopic (exact) mass is 285 g/mol. The van der Waals surface area contributed by atoms with Crippen LogP contribution in [0.25, 0.3) is 0 Å². The molecule has 0 saturated carbocycles. The van der Waals surface area contributed by atoms with Crippen LogP contribution in [0.15, 0.2) is 54.6 Å². The van der Waals surface area contributed by atoms with Gasteiger partial charge in [0.15, 0.2) is 5.60 Å². The molecule has 0 spiro atoms. The maximum atomic E-state index is 11.8. The summed E-state index contributed by atoms with van der Waals surface area (Å²) in [6.07, 6.45) is 1.43. The Labute approximate surface area is 123 Å². The zero-order chi connectivity index (χ0) is 15.3. The minimum Gasteiger partial charge on any atom is -0.396 e. The fourth-order valence-electron chi connectivity index (χ4n) is 2.33. The molecule has 21 heavy (non-hydrogen) atoms. The maximum Gasteiger partial charge on any atom is 0.258 e. The minimum absolute atomic E-state index is 0.136. The van der Waals surface area contributed by atoms with Crippen molar-refractivity contribution < 1.29 is 15.0 Å². The van der Waals surface area contributed by atoms with Gasteiger partial charge in [0.05, 0.1) is 0 Å². The quantitative estimate of drug-likeness (QED) is 0.748. The van der Waals surface area contributed by atoms with Crippen molar-refractivity contribution in [2.75, 3.05) is 6.61 Å². The maximum absolute atomic E-state index is 11.8. The van der Waals surface area contributed by atoms with E-state index < -0.39 is 11.5 Å². The van der Waals surface area contributed by atoms with Crippen LogP contribution in [0.1, 0.15) is 23.1 Å². The van der Waals surface area contributed by atoms with E-state index in [0.29, 0.717) is 17.5 Å². The Hall–Kier alpha value is -2.17. The number of amides is 1. The molecule has 0 fully saturated rings. The number of nitrogens with two attached hydrogens (primary N) is 1. The topological polar surface area (TPSA) is 83.6 Å². The van der Waals surface area contributed by atoms with Gasteiger partial charge in [0.25, 0.3) is 5.91 Å². The van der Waals surface area contributed by atoms with E-state index in [0.717, 1.165) is 12.0 Å². The summed E-state index contributed by atoms with van der Waals surface area (Å²) in [5, 5.41) is 19.6. The first-order chi connectivity index (χ1) is 10.1. The third-order valence-corrected chi connectivity index (χ3v) is 3.54. The Morgan fingerprint density at radius 3 is 2.10 bits per heavy atom. The van der Waals surface area contributed by atoms with Crippen molar-refractivity contribution in [3.63, 3.8) is 0 Å². The Morgan fingerprint density at radius 1 is 1.00 bits per heavy atom. The number of rotatable bonds is 6. The van der Waals surface area contributed by atoms with Gasteiger partial charge in [-0.05, 0) is 29.5 Å². The van der Waals surface area contributed by atoms with Gasteiger partial charge >= 0.3 is 0 Å². The van der Waals surface area contributed by atoms with Crippen LogP contribution in [-0.2, 0) is 16.8 Å². The van der Waals surface area contributed by atoms with Crippen LogP contribution in [0, 0.1) is 0 Å². The van der Waals surface area contributed by atoms with Gasteiger partial charge in [0.1, 0.15) is 0 Å². The third-order valence-electron chi connectivity index (χ3n) is 3.54. The number of aliphatic hydroxyl groups is 2. The Kier molecular flexibility index (Phi) is 4.73. The number of benzene rings is 2. The number of hydrogen-bond acceptors (Lipinski definition) is 3. The minimum atomic E-state index is -1.84. The summed E-state index contributed by atoms with van der Waals surface area (Å²) < 4.78 is 0. The van der Waals surface area contributed by atoms with Crippen molar-refractivity contribution in [1.82, 2.24) is 0 Å². The van der Waals surface area contributed by atoms with E-state index in [-0.39, 0.29) is 6.61 Å². The molecule has 2 rings (SSSR count). The summed E-state index contributed by atoms with van der Waals surface area (Å²) in [5.41, 5.74) is 5.51. The number of carbonyl (C=O) groups is 1. The molecule has 1 unspecified atom stereocenters. The Morgan fingerprint density at radius 2 is 1.57 bits per heavy atom. The first-order valence-corrected chi connectivity index (χ1v) is 6.87. The molecular weight excluding hydrogens is 266 g/mol. The highest BCUT2D eigenvalue weighted by Gasteiger charge is 2.37. The highest BCUT2D eigenvalue weighted by molar-refractivity contribution is 5.88. The normalized spacial score (nSPS) is 13.6. The van der Waals surface area contributed by atoms with Crippen molar-refractivity contribution in [1.29, 1.82) is 0 Å². The van der Waals surface area contributed by atoms with E-state index in [4.69, 9.17) is 10.8 Å².